The lowest BCUT2D eigenvalue weighted by Gasteiger charge is -2.36. The second kappa shape index (κ2) is 6.33. The molecule has 0 spiro atoms. The van der Waals surface area contributed by atoms with Gasteiger partial charge in [0, 0.05) is 30.0 Å². The van der Waals surface area contributed by atoms with E-state index in [2.05, 4.69) is 4.57 Å². The molecule has 1 aromatic heterocycles. The van der Waals surface area contributed by atoms with Crippen molar-refractivity contribution in [2.24, 2.45) is 0 Å². The zero-order valence-electron chi connectivity index (χ0n) is 13.4. The molecule has 0 saturated heterocycles. The van der Waals surface area contributed by atoms with Crippen molar-refractivity contribution < 1.29 is 8.42 Å². The van der Waals surface area contributed by atoms with Crippen LogP contribution in [-0.4, -0.2) is 23.8 Å². The van der Waals surface area contributed by atoms with Gasteiger partial charge in [-0.05, 0) is 42.0 Å². The van der Waals surface area contributed by atoms with Crippen LogP contribution >= 0.6 is 11.6 Å². The molecule has 25 heavy (non-hydrogen) atoms. The van der Waals surface area contributed by atoms with E-state index in [9.17, 15) is 8.42 Å². The molecular formula is C19H17ClN2O2S. The highest BCUT2D eigenvalue weighted by atomic mass is 35.5. The van der Waals surface area contributed by atoms with E-state index < -0.39 is 10.0 Å². The van der Waals surface area contributed by atoms with E-state index >= 15 is 0 Å². The molecule has 0 bridgehead atoms. The number of nitrogens with zero attached hydrogens (tertiary/aromatic N) is 2. The van der Waals surface area contributed by atoms with Gasteiger partial charge in [0.05, 0.1) is 10.9 Å². The molecule has 4 rings (SSSR count). The lowest BCUT2D eigenvalue weighted by Crippen LogP contribution is -2.42. The van der Waals surface area contributed by atoms with Crippen LogP contribution in [-0.2, 0) is 16.6 Å². The third-order valence-electron chi connectivity index (χ3n) is 4.53. The van der Waals surface area contributed by atoms with Crippen LogP contribution in [0.15, 0.2) is 77.8 Å². The number of rotatable bonds is 3. The number of fused-ring (bicyclic) bond motifs is 1. The minimum absolute atomic E-state index is 0.262. The molecule has 0 radical (unpaired) electrons. The minimum Gasteiger partial charge on any atom is -0.348 e. The molecule has 1 atom stereocenters. The lowest BCUT2D eigenvalue weighted by atomic mass is 10.0. The average molecular weight is 373 g/mol. The highest BCUT2D eigenvalue weighted by molar-refractivity contribution is 7.89. The van der Waals surface area contributed by atoms with Crippen molar-refractivity contribution in [3.05, 3.63) is 89.2 Å². The van der Waals surface area contributed by atoms with Gasteiger partial charge in [-0.2, -0.15) is 4.31 Å². The summed E-state index contributed by atoms with van der Waals surface area (Å²) in [6.07, 6.45) is 2.00. The third kappa shape index (κ3) is 2.88. The van der Waals surface area contributed by atoms with Crippen LogP contribution in [0.1, 0.15) is 17.3 Å². The summed E-state index contributed by atoms with van der Waals surface area (Å²) in [7, 11) is -3.64. The summed E-state index contributed by atoms with van der Waals surface area (Å²) in [6, 6.07) is 19.7. The highest BCUT2D eigenvalue weighted by Gasteiger charge is 2.37. The second-order valence-electron chi connectivity index (χ2n) is 6.01. The summed E-state index contributed by atoms with van der Waals surface area (Å²) >= 11 is 5.91. The Hall–Kier alpha value is -2.08. The van der Waals surface area contributed by atoms with Crippen molar-refractivity contribution in [2.75, 3.05) is 6.54 Å². The van der Waals surface area contributed by atoms with E-state index in [1.807, 2.05) is 48.7 Å². The standard InChI is InChI=1S/C19H17ClN2O2S/c20-16-8-10-17(11-9-16)25(23,24)22-14-13-21-12-4-7-18(21)19(22)15-5-2-1-3-6-15/h1-12,19H,13-14H2. The van der Waals surface area contributed by atoms with Gasteiger partial charge in [0.15, 0.2) is 0 Å². The first-order valence-electron chi connectivity index (χ1n) is 8.05. The molecule has 4 nitrogen and oxygen atoms in total. The number of hydrogen-bond acceptors (Lipinski definition) is 2. The van der Waals surface area contributed by atoms with Gasteiger partial charge in [-0.15, -0.1) is 0 Å². The van der Waals surface area contributed by atoms with Gasteiger partial charge in [0.25, 0.3) is 0 Å². The fourth-order valence-electron chi connectivity index (χ4n) is 3.34. The fourth-order valence-corrected chi connectivity index (χ4v) is 5.04. The summed E-state index contributed by atoms with van der Waals surface area (Å²) < 4.78 is 30.3. The highest BCUT2D eigenvalue weighted by Crippen LogP contribution is 2.36. The number of aromatic nitrogens is 1. The van der Waals surface area contributed by atoms with Crippen LogP contribution in [0.4, 0.5) is 0 Å². The summed E-state index contributed by atoms with van der Waals surface area (Å²) in [5, 5.41) is 0.520. The maximum atomic E-state index is 13.3. The fraction of sp³-hybridized carbons (Fsp3) is 0.158. The SMILES string of the molecule is O=S(=O)(c1ccc(Cl)cc1)N1CCn2cccc2C1c1ccccc1. The maximum absolute atomic E-state index is 13.3. The molecule has 0 aliphatic carbocycles. The van der Waals surface area contributed by atoms with Crippen molar-refractivity contribution in [3.63, 3.8) is 0 Å². The summed E-state index contributed by atoms with van der Waals surface area (Å²) in [5.41, 5.74) is 1.94. The van der Waals surface area contributed by atoms with Gasteiger partial charge in [0.1, 0.15) is 0 Å². The molecule has 0 fully saturated rings. The Balaban J connectivity index is 1.84. The molecule has 2 aromatic carbocycles. The Labute approximate surface area is 152 Å². The number of hydrogen-bond donors (Lipinski definition) is 0. The van der Waals surface area contributed by atoms with Crippen molar-refractivity contribution >= 4 is 21.6 Å². The number of halogens is 1. The van der Waals surface area contributed by atoms with Crippen LogP contribution in [0, 0.1) is 0 Å². The van der Waals surface area contributed by atoms with Crippen molar-refractivity contribution in [3.8, 4) is 0 Å². The predicted molar refractivity (Wildman–Crippen MR) is 98.1 cm³/mol. The smallest absolute Gasteiger partial charge is 0.244 e. The van der Waals surface area contributed by atoms with E-state index in [1.54, 1.807) is 28.6 Å². The van der Waals surface area contributed by atoms with E-state index in [4.69, 9.17) is 11.6 Å². The third-order valence-corrected chi connectivity index (χ3v) is 6.66. The molecular weight excluding hydrogens is 356 g/mol. The molecule has 0 N–H and O–H groups in total. The molecule has 0 amide bonds. The molecule has 6 heteroatoms. The van der Waals surface area contributed by atoms with Crippen molar-refractivity contribution in [2.45, 2.75) is 17.5 Å². The Bertz CT molecular complexity index is 982. The quantitative estimate of drug-likeness (QED) is 0.699. The van der Waals surface area contributed by atoms with Crippen LogP contribution in [0.3, 0.4) is 0 Å². The van der Waals surface area contributed by atoms with Gasteiger partial charge in [-0.1, -0.05) is 41.9 Å². The first kappa shape index (κ1) is 16.4. The van der Waals surface area contributed by atoms with Crippen LogP contribution in [0.25, 0.3) is 0 Å². The topological polar surface area (TPSA) is 42.3 Å². The van der Waals surface area contributed by atoms with E-state index in [1.165, 1.54) is 0 Å². The number of benzene rings is 2. The second-order valence-corrected chi connectivity index (χ2v) is 8.34. The molecule has 1 aliphatic rings. The predicted octanol–water partition coefficient (Wildman–Crippen LogP) is 3.94. The zero-order chi connectivity index (χ0) is 17.4. The summed E-state index contributed by atoms with van der Waals surface area (Å²) in [6.45, 7) is 1.06. The molecule has 2 heterocycles. The minimum atomic E-state index is -3.64. The van der Waals surface area contributed by atoms with Crippen molar-refractivity contribution in [1.29, 1.82) is 0 Å². The monoisotopic (exact) mass is 372 g/mol. The Kier molecular flexibility index (Phi) is 4.15. The van der Waals surface area contributed by atoms with Gasteiger partial charge < -0.3 is 4.57 Å². The van der Waals surface area contributed by atoms with E-state index in [0.29, 0.717) is 18.1 Å². The van der Waals surface area contributed by atoms with E-state index in [-0.39, 0.29) is 10.9 Å². The van der Waals surface area contributed by atoms with Gasteiger partial charge in [-0.3, -0.25) is 0 Å². The maximum Gasteiger partial charge on any atom is 0.244 e. The lowest BCUT2D eigenvalue weighted by molar-refractivity contribution is 0.298. The Morgan fingerprint density at radius 1 is 0.880 bits per heavy atom. The summed E-state index contributed by atoms with van der Waals surface area (Å²) in [4.78, 5) is 0.262. The van der Waals surface area contributed by atoms with Gasteiger partial charge >= 0.3 is 0 Å². The largest absolute Gasteiger partial charge is 0.348 e. The molecule has 1 unspecified atom stereocenters. The molecule has 1 aliphatic heterocycles. The molecule has 128 valence electrons. The van der Waals surface area contributed by atoms with Gasteiger partial charge in [0.2, 0.25) is 10.0 Å². The van der Waals surface area contributed by atoms with Crippen LogP contribution < -0.4 is 0 Å². The Morgan fingerprint density at radius 2 is 1.60 bits per heavy atom. The summed E-state index contributed by atoms with van der Waals surface area (Å²) in [5.74, 6) is 0. The molecule has 0 saturated carbocycles. The van der Waals surface area contributed by atoms with E-state index in [0.717, 1.165) is 11.3 Å². The molecule has 3 aromatic rings. The average Bonchev–Trinajstić information content (AvgIpc) is 3.10. The van der Waals surface area contributed by atoms with Crippen LogP contribution in [0.2, 0.25) is 5.02 Å². The first-order valence-corrected chi connectivity index (χ1v) is 9.86. The normalized spacial score (nSPS) is 18.0. The Morgan fingerprint density at radius 3 is 2.32 bits per heavy atom. The van der Waals surface area contributed by atoms with Crippen LogP contribution in [0.5, 0.6) is 0 Å². The first-order chi connectivity index (χ1) is 12.1. The van der Waals surface area contributed by atoms with Crippen molar-refractivity contribution in [1.82, 2.24) is 8.87 Å². The zero-order valence-corrected chi connectivity index (χ0v) is 15.0. The van der Waals surface area contributed by atoms with Gasteiger partial charge in [-0.25, -0.2) is 8.42 Å². The number of sulfonamides is 1.